The number of benzene rings is 1. The summed E-state index contributed by atoms with van der Waals surface area (Å²) in [5.41, 5.74) is 3.03. The molecule has 1 fully saturated rings. The quantitative estimate of drug-likeness (QED) is 0.561. The van der Waals surface area contributed by atoms with Crippen molar-refractivity contribution < 1.29 is 24.4 Å². The molecule has 122 valence electrons. The van der Waals surface area contributed by atoms with Crippen molar-refractivity contribution >= 4 is 18.9 Å². The van der Waals surface area contributed by atoms with Gasteiger partial charge in [-0.15, -0.1) is 0 Å². The maximum Gasteiger partial charge on any atom is 0.458 e. The molecule has 0 saturated carbocycles. The van der Waals surface area contributed by atoms with Gasteiger partial charge >= 0.3 is 13.1 Å². The molecule has 0 bridgehead atoms. The van der Waals surface area contributed by atoms with Crippen LogP contribution in [0.4, 0.5) is 0 Å². The molecule has 1 saturated heterocycles. The van der Waals surface area contributed by atoms with Gasteiger partial charge in [0, 0.05) is 30.9 Å². The van der Waals surface area contributed by atoms with Crippen molar-refractivity contribution in [2.45, 2.75) is 50.7 Å². The first-order chi connectivity index (χ1) is 11.0. The molecule has 6 nitrogen and oxygen atoms in total. The lowest BCUT2D eigenvalue weighted by Crippen LogP contribution is -2.38. The van der Waals surface area contributed by atoms with Gasteiger partial charge in [-0.1, -0.05) is 12.1 Å². The van der Waals surface area contributed by atoms with Crippen molar-refractivity contribution in [3.63, 3.8) is 0 Å². The van der Waals surface area contributed by atoms with Gasteiger partial charge in [-0.2, -0.15) is 0 Å². The van der Waals surface area contributed by atoms with Crippen LogP contribution in [0.15, 0.2) is 18.2 Å². The van der Waals surface area contributed by atoms with Crippen molar-refractivity contribution in [2.75, 3.05) is 0 Å². The van der Waals surface area contributed by atoms with Crippen LogP contribution in [0, 0.1) is 0 Å². The van der Waals surface area contributed by atoms with E-state index in [1.54, 1.807) is 0 Å². The normalized spacial score (nSPS) is 23.6. The van der Waals surface area contributed by atoms with Crippen molar-refractivity contribution in [3.05, 3.63) is 34.9 Å². The molecule has 0 spiro atoms. The average molecular weight is 317 g/mol. The highest BCUT2D eigenvalue weighted by molar-refractivity contribution is 6.45. The number of nitrogens with one attached hydrogen (secondary N) is 1. The molecule has 7 heteroatoms. The molecule has 2 aliphatic heterocycles. The van der Waals surface area contributed by atoms with Crippen molar-refractivity contribution in [1.82, 2.24) is 5.32 Å². The van der Waals surface area contributed by atoms with Gasteiger partial charge in [-0.3, -0.25) is 9.59 Å². The van der Waals surface area contributed by atoms with E-state index in [4.69, 9.17) is 9.76 Å². The number of carbonyl (C=O) groups excluding carboxylic acids is 1. The number of rotatable bonds is 5. The van der Waals surface area contributed by atoms with Crippen LogP contribution in [0.3, 0.4) is 0 Å². The zero-order chi connectivity index (χ0) is 16.4. The Balaban J connectivity index is 1.59. The molecule has 2 heterocycles. The Morgan fingerprint density at radius 2 is 2.00 bits per heavy atom. The Morgan fingerprint density at radius 3 is 2.74 bits per heavy atom. The second kappa shape index (κ2) is 6.82. The second-order valence-electron chi connectivity index (χ2n) is 6.30. The van der Waals surface area contributed by atoms with Gasteiger partial charge in [0.05, 0.1) is 12.5 Å². The second-order valence-corrected chi connectivity index (χ2v) is 6.30. The summed E-state index contributed by atoms with van der Waals surface area (Å²) in [6.45, 7) is 1.62. The van der Waals surface area contributed by atoms with Gasteiger partial charge in [0.1, 0.15) is 0 Å². The smallest absolute Gasteiger partial charge is 0.458 e. The molecular formula is C16H20BNO5. The summed E-state index contributed by atoms with van der Waals surface area (Å²) in [7, 11) is -1.08. The van der Waals surface area contributed by atoms with Crippen molar-refractivity contribution in [3.8, 4) is 0 Å². The Labute approximate surface area is 135 Å². The lowest BCUT2D eigenvalue weighted by atomic mass is 9.64. The zero-order valence-corrected chi connectivity index (χ0v) is 12.8. The third-order valence-electron chi connectivity index (χ3n) is 4.60. The molecule has 3 rings (SSSR count). The third kappa shape index (κ3) is 3.80. The number of hydrogen-bond acceptors (Lipinski definition) is 5. The zero-order valence-electron chi connectivity index (χ0n) is 12.8. The fourth-order valence-electron chi connectivity index (χ4n) is 3.29. The minimum Gasteiger partial charge on any atom is -0.481 e. The Hall–Kier alpha value is -1.70. The molecule has 0 radical (unpaired) electrons. The van der Waals surface area contributed by atoms with E-state index in [-0.39, 0.29) is 24.4 Å². The van der Waals surface area contributed by atoms with Crippen molar-refractivity contribution in [2.24, 2.45) is 0 Å². The SMILES string of the molecule is O=C(O)C[C@@H]1CC[C@H](CC(=O)c2ccc3c(c2)CNC3)B(O)O1. The van der Waals surface area contributed by atoms with E-state index < -0.39 is 19.2 Å². The summed E-state index contributed by atoms with van der Waals surface area (Å²) in [6.07, 6.45) is 0.773. The molecule has 2 aliphatic rings. The average Bonchev–Trinajstić information content (AvgIpc) is 2.96. The molecule has 0 aromatic heterocycles. The first kappa shape index (κ1) is 16.2. The van der Waals surface area contributed by atoms with Gasteiger partial charge in [0.2, 0.25) is 0 Å². The van der Waals surface area contributed by atoms with E-state index in [1.165, 1.54) is 5.56 Å². The highest BCUT2D eigenvalue weighted by atomic mass is 16.5. The molecule has 1 aromatic rings. The number of aliphatic carboxylic acids is 1. The molecule has 23 heavy (non-hydrogen) atoms. The van der Waals surface area contributed by atoms with E-state index >= 15 is 0 Å². The first-order valence-electron chi connectivity index (χ1n) is 7.94. The summed E-state index contributed by atoms with van der Waals surface area (Å²) in [6, 6.07) is 5.72. The van der Waals surface area contributed by atoms with E-state index in [0.29, 0.717) is 18.4 Å². The highest BCUT2D eigenvalue weighted by Crippen LogP contribution is 2.32. The standard InChI is InChI=1S/C16H20BNO5/c19-15(10-1-2-11-8-18-9-12(11)5-10)6-13-3-4-14(7-16(20)21)23-17(13)22/h1-2,5,13-14,18,22H,3-4,6-9H2,(H,20,21)/t13-,14+/m1/s1. The third-order valence-corrected chi connectivity index (χ3v) is 4.60. The maximum absolute atomic E-state index is 12.4. The maximum atomic E-state index is 12.4. The number of ketones is 1. The highest BCUT2D eigenvalue weighted by Gasteiger charge is 2.36. The van der Waals surface area contributed by atoms with Crippen LogP contribution in [0.1, 0.15) is 47.2 Å². The number of carboxylic acids is 1. The van der Waals surface area contributed by atoms with E-state index in [9.17, 15) is 14.6 Å². The van der Waals surface area contributed by atoms with Crippen molar-refractivity contribution in [1.29, 1.82) is 0 Å². The molecule has 0 unspecified atom stereocenters. The Bertz CT molecular complexity index is 620. The summed E-state index contributed by atoms with van der Waals surface area (Å²) >= 11 is 0. The first-order valence-corrected chi connectivity index (χ1v) is 7.94. The minimum absolute atomic E-state index is 0.0102. The fourth-order valence-corrected chi connectivity index (χ4v) is 3.29. The van der Waals surface area contributed by atoms with Crippen LogP contribution in [-0.4, -0.2) is 35.1 Å². The molecule has 3 N–H and O–H groups in total. The molecular weight excluding hydrogens is 297 g/mol. The molecule has 1 aromatic carbocycles. The van der Waals surface area contributed by atoms with E-state index in [1.807, 2.05) is 18.2 Å². The molecule has 0 amide bonds. The van der Waals surface area contributed by atoms with Crippen LogP contribution in [-0.2, 0) is 22.5 Å². The fraction of sp³-hybridized carbons (Fsp3) is 0.500. The Kier molecular flexibility index (Phi) is 4.80. The lowest BCUT2D eigenvalue weighted by Gasteiger charge is -2.30. The number of Topliss-reactive ketones (excluding diaryl/α,β-unsaturated/α-hetero) is 1. The predicted octanol–water partition coefficient (Wildman–Crippen LogP) is 1.37. The summed E-state index contributed by atoms with van der Waals surface area (Å²) < 4.78 is 5.33. The van der Waals surface area contributed by atoms with Crippen LogP contribution < -0.4 is 5.32 Å². The number of carbonyl (C=O) groups is 2. The van der Waals surface area contributed by atoms with E-state index in [2.05, 4.69) is 5.32 Å². The van der Waals surface area contributed by atoms with Gasteiger partial charge in [-0.25, -0.2) is 0 Å². The van der Waals surface area contributed by atoms with Crippen LogP contribution in [0.2, 0.25) is 5.82 Å². The number of carboxylic acid groups (broad SMARTS) is 1. The largest absolute Gasteiger partial charge is 0.481 e. The number of fused-ring (bicyclic) bond motifs is 1. The van der Waals surface area contributed by atoms with Crippen LogP contribution in [0.5, 0.6) is 0 Å². The van der Waals surface area contributed by atoms with Crippen LogP contribution in [0.25, 0.3) is 0 Å². The Morgan fingerprint density at radius 1 is 1.22 bits per heavy atom. The predicted molar refractivity (Wildman–Crippen MR) is 84.0 cm³/mol. The molecule has 2 atom stereocenters. The van der Waals surface area contributed by atoms with Gasteiger partial charge in [0.25, 0.3) is 0 Å². The van der Waals surface area contributed by atoms with Gasteiger partial charge in [-0.05, 0) is 30.0 Å². The molecule has 0 aliphatic carbocycles. The summed E-state index contributed by atoms with van der Waals surface area (Å²) in [5.74, 6) is -1.23. The number of hydrogen-bond donors (Lipinski definition) is 3. The van der Waals surface area contributed by atoms with Gasteiger partial charge < -0.3 is 20.1 Å². The van der Waals surface area contributed by atoms with Crippen LogP contribution >= 0.6 is 0 Å². The monoisotopic (exact) mass is 317 g/mol. The lowest BCUT2D eigenvalue weighted by molar-refractivity contribution is -0.139. The summed E-state index contributed by atoms with van der Waals surface area (Å²) in [4.78, 5) is 23.1. The topological polar surface area (TPSA) is 95.9 Å². The minimum atomic E-state index is -1.08. The van der Waals surface area contributed by atoms with E-state index in [0.717, 1.165) is 18.7 Å². The van der Waals surface area contributed by atoms with Gasteiger partial charge in [0.15, 0.2) is 5.78 Å². The summed E-state index contributed by atoms with van der Waals surface area (Å²) in [5, 5.41) is 22.0.